The number of thiophene rings is 1. The smallest absolute Gasteiger partial charge is 0.254 e. The predicted octanol–water partition coefficient (Wildman–Crippen LogP) is 5.30. The van der Waals surface area contributed by atoms with Gasteiger partial charge in [0.05, 0.1) is 13.2 Å². The van der Waals surface area contributed by atoms with E-state index in [4.69, 9.17) is 15.9 Å². The van der Waals surface area contributed by atoms with Crippen molar-refractivity contribution in [2.75, 3.05) is 19.8 Å². The van der Waals surface area contributed by atoms with Gasteiger partial charge in [-0.2, -0.15) is 0 Å². The van der Waals surface area contributed by atoms with Crippen LogP contribution in [0.25, 0.3) is 10.4 Å². The Morgan fingerprint density at radius 3 is 2.90 bits per heavy atom. The molecule has 4 rings (SSSR count). The molecule has 1 aliphatic rings. The Bertz CT molecular complexity index is 1150. The number of halogens is 1. The first-order valence-electron chi connectivity index (χ1n) is 10.0. The number of aryl methyl sites for hydroxylation is 1. The van der Waals surface area contributed by atoms with Gasteiger partial charge in [-0.15, -0.1) is 23.7 Å². The molecule has 2 aromatic carbocycles. The van der Waals surface area contributed by atoms with Gasteiger partial charge >= 0.3 is 0 Å². The highest BCUT2D eigenvalue weighted by Gasteiger charge is 2.25. The summed E-state index contributed by atoms with van der Waals surface area (Å²) < 4.78 is 25.6. The molecule has 0 bridgehead atoms. The molecule has 0 N–H and O–H groups in total. The zero-order chi connectivity index (χ0) is 21.8. The van der Waals surface area contributed by atoms with Crippen molar-refractivity contribution in [3.05, 3.63) is 70.4 Å². The average molecular weight is 436 g/mol. The molecule has 0 unspecified atom stereocenters. The van der Waals surface area contributed by atoms with Crippen molar-refractivity contribution in [2.24, 2.45) is 0 Å². The standard InChI is InChI=1S/C25H22FNO3S/c1-3-4-11-29-22-15-19(23-9-8-17(2)31-23)13-20-16-27(10-12-30-24(20)22)25(28)18-6-5-7-21(26)14-18/h1,5-9,13-15H,4,10-12,16H2,2H3. The van der Waals surface area contributed by atoms with E-state index in [1.165, 1.54) is 17.0 Å². The lowest BCUT2D eigenvalue weighted by Gasteiger charge is -2.20. The highest BCUT2D eigenvalue weighted by atomic mass is 32.1. The topological polar surface area (TPSA) is 38.8 Å². The van der Waals surface area contributed by atoms with Crippen LogP contribution in [0.2, 0.25) is 0 Å². The fourth-order valence-electron chi connectivity index (χ4n) is 3.52. The summed E-state index contributed by atoms with van der Waals surface area (Å²) in [5.41, 5.74) is 2.16. The van der Waals surface area contributed by atoms with Gasteiger partial charge in [0.1, 0.15) is 12.4 Å². The van der Waals surface area contributed by atoms with Crippen LogP contribution < -0.4 is 9.47 Å². The van der Waals surface area contributed by atoms with Crippen molar-refractivity contribution in [3.8, 4) is 34.3 Å². The number of carbonyl (C=O) groups excluding carboxylic acids is 1. The summed E-state index contributed by atoms with van der Waals surface area (Å²) in [6.45, 7) is 3.49. The van der Waals surface area contributed by atoms with Crippen molar-refractivity contribution >= 4 is 17.2 Å². The van der Waals surface area contributed by atoms with Gasteiger partial charge in [-0.1, -0.05) is 6.07 Å². The third-order valence-corrected chi connectivity index (χ3v) is 6.04. The van der Waals surface area contributed by atoms with Crippen LogP contribution in [-0.2, 0) is 6.54 Å². The summed E-state index contributed by atoms with van der Waals surface area (Å²) in [7, 11) is 0. The number of fused-ring (bicyclic) bond motifs is 1. The van der Waals surface area contributed by atoms with Crippen LogP contribution >= 0.6 is 11.3 Å². The first-order chi connectivity index (χ1) is 15.0. The van der Waals surface area contributed by atoms with Crippen LogP contribution in [0.4, 0.5) is 4.39 Å². The zero-order valence-electron chi connectivity index (χ0n) is 17.2. The van der Waals surface area contributed by atoms with E-state index in [1.807, 2.05) is 12.1 Å². The van der Waals surface area contributed by atoms with E-state index in [0.29, 0.717) is 49.8 Å². The maximum Gasteiger partial charge on any atom is 0.254 e. The molecule has 0 radical (unpaired) electrons. The van der Waals surface area contributed by atoms with Crippen molar-refractivity contribution < 1.29 is 18.7 Å². The molecule has 31 heavy (non-hydrogen) atoms. The quantitative estimate of drug-likeness (QED) is 0.403. The summed E-state index contributed by atoms with van der Waals surface area (Å²) in [4.78, 5) is 17.0. The first-order valence-corrected chi connectivity index (χ1v) is 10.8. The summed E-state index contributed by atoms with van der Waals surface area (Å²) in [6.07, 6.45) is 5.85. The Kier molecular flexibility index (Phi) is 6.24. The summed E-state index contributed by atoms with van der Waals surface area (Å²) in [5.74, 6) is 3.16. The van der Waals surface area contributed by atoms with E-state index in [1.54, 1.807) is 28.4 Å². The lowest BCUT2D eigenvalue weighted by molar-refractivity contribution is 0.0732. The molecule has 158 valence electrons. The molecule has 0 spiro atoms. The molecule has 1 aromatic heterocycles. The van der Waals surface area contributed by atoms with Gasteiger partial charge in [0.2, 0.25) is 0 Å². The lowest BCUT2D eigenvalue weighted by Crippen LogP contribution is -2.32. The predicted molar refractivity (Wildman–Crippen MR) is 120 cm³/mol. The van der Waals surface area contributed by atoms with Crippen LogP contribution in [0.15, 0.2) is 48.5 Å². The van der Waals surface area contributed by atoms with E-state index in [2.05, 4.69) is 25.0 Å². The number of terminal acetylenes is 1. The average Bonchev–Trinajstić information content (AvgIpc) is 3.08. The Morgan fingerprint density at radius 2 is 2.16 bits per heavy atom. The van der Waals surface area contributed by atoms with E-state index < -0.39 is 5.82 Å². The number of ether oxygens (including phenoxy) is 2. The molecule has 1 aliphatic heterocycles. The highest BCUT2D eigenvalue weighted by molar-refractivity contribution is 7.15. The number of carbonyl (C=O) groups is 1. The van der Waals surface area contributed by atoms with Crippen LogP contribution in [0.3, 0.4) is 0 Å². The monoisotopic (exact) mass is 435 g/mol. The third kappa shape index (κ3) is 4.73. The van der Waals surface area contributed by atoms with Gasteiger partial charge < -0.3 is 14.4 Å². The molecular formula is C25H22FNO3S. The van der Waals surface area contributed by atoms with Crippen molar-refractivity contribution in [2.45, 2.75) is 19.9 Å². The molecule has 4 nitrogen and oxygen atoms in total. The molecule has 2 heterocycles. The van der Waals surface area contributed by atoms with Crippen LogP contribution in [0.1, 0.15) is 27.2 Å². The fourth-order valence-corrected chi connectivity index (χ4v) is 4.38. The van der Waals surface area contributed by atoms with Gasteiger partial charge in [-0.25, -0.2) is 4.39 Å². The Hall–Kier alpha value is -3.30. The fraction of sp³-hybridized carbons (Fsp3) is 0.240. The van der Waals surface area contributed by atoms with Crippen molar-refractivity contribution in [3.63, 3.8) is 0 Å². The van der Waals surface area contributed by atoms with Gasteiger partial charge in [0.25, 0.3) is 5.91 Å². The van der Waals surface area contributed by atoms with E-state index in [-0.39, 0.29) is 5.91 Å². The normalized spacial score (nSPS) is 13.0. The molecule has 0 saturated heterocycles. The van der Waals surface area contributed by atoms with Crippen LogP contribution in [0, 0.1) is 25.1 Å². The maximum atomic E-state index is 13.6. The summed E-state index contributed by atoms with van der Waals surface area (Å²) in [5, 5.41) is 0. The van der Waals surface area contributed by atoms with Gasteiger partial charge in [-0.3, -0.25) is 4.79 Å². The number of amides is 1. The number of hydrogen-bond acceptors (Lipinski definition) is 4. The number of hydrogen-bond donors (Lipinski definition) is 0. The molecule has 3 aromatic rings. The Balaban J connectivity index is 1.70. The number of benzene rings is 2. The minimum absolute atomic E-state index is 0.233. The molecule has 1 amide bonds. The van der Waals surface area contributed by atoms with Crippen LogP contribution in [0.5, 0.6) is 11.5 Å². The zero-order valence-corrected chi connectivity index (χ0v) is 18.0. The second-order valence-corrected chi connectivity index (χ2v) is 8.55. The third-order valence-electron chi connectivity index (χ3n) is 4.99. The number of rotatable bonds is 5. The van der Waals surface area contributed by atoms with E-state index >= 15 is 0 Å². The minimum atomic E-state index is -0.433. The Morgan fingerprint density at radius 1 is 1.29 bits per heavy atom. The SMILES string of the molecule is C#CCCOc1cc(-c2ccc(C)s2)cc2c1OCCN(C(=O)c1cccc(F)c1)C2. The van der Waals surface area contributed by atoms with Gasteiger partial charge in [-0.05, 0) is 55.0 Å². The van der Waals surface area contributed by atoms with Crippen molar-refractivity contribution in [1.29, 1.82) is 0 Å². The Labute approximate surface area is 185 Å². The first kappa shape index (κ1) is 21.0. The van der Waals surface area contributed by atoms with Gasteiger partial charge in [0.15, 0.2) is 11.5 Å². The highest BCUT2D eigenvalue weighted by Crippen LogP contribution is 2.40. The molecule has 0 saturated carbocycles. The van der Waals surface area contributed by atoms with Crippen LogP contribution in [-0.4, -0.2) is 30.6 Å². The second kappa shape index (κ2) is 9.23. The number of nitrogens with zero attached hydrogens (tertiary/aromatic N) is 1. The molecular weight excluding hydrogens is 413 g/mol. The van der Waals surface area contributed by atoms with E-state index in [0.717, 1.165) is 16.0 Å². The van der Waals surface area contributed by atoms with Gasteiger partial charge in [0, 0.05) is 33.8 Å². The molecule has 0 atom stereocenters. The molecule has 0 fully saturated rings. The maximum absolute atomic E-state index is 13.6. The molecule has 0 aliphatic carbocycles. The van der Waals surface area contributed by atoms with E-state index in [9.17, 15) is 9.18 Å². The second-order valence-electron chi connectivity index (χ2n) is 7.26. The summed E-state index contributed by atoms with van der Waals surface area (Å²) >= 11 is 1.69. The van der Waals surface area contributed by atoms with Crippen molar-refractivity contribution in [1.82, 2.24) is 4.90 Å². The summed E-state index contributed by atoms with van der Waals surface area (Å²) in [6, 6.07) is 13.9. The minimum Gasteiger partial charge on any atom is -0.489 e. The lowest BCUT2D eigenvalue weighted by atomic mass is 10.1. The molecule has 6 heteroatoms. The largest absolute Gasteiger partial charge is 0.489 e.